The predicted molar refractivity (Wildman–Crippen MR) is 97.9 cm³/mol. The van der Waals surface area contributed by atoms with Crippen LogP contribution in [0, 0.1) is 0 Å². The van der Waals surface area contributed by atoms with E-state index in [-0.39, 0.29) is 53.5 Å². The number of ether oxygens (including phenoxy) is 2. The molecule has 1 saturated heterocycles. The lowest BCUT2D eigenvalue weighted by atomic mass is 10.0. The zero-order valence-electron chi connectivity index (χ0n) is 14.4. The van der Waals surface area contributed by atoms with Crippen LogP contribution in [0.25, 0.3) is 0 Å². The maximum absolute atomic E-state index is 12.8. The van der Waals surface area contributed by atoms with Gasteiger partial charge in [0.05, 0.1) is 12.1 Å². The minimum Gasteiger partial charge on any atom is -0.493 e. The number of nitrogens with one attached hydrogen (secondary N) is 1. The summed E-state index contributed by atoms with van der Waals surface area (Å²) < 4.78 is 10.5. The van der Waals surface area contributed by atoms with E-state index < -0.39 is 5.91 Å². The van der Waals surface area contributed by atoms with E-state index in [1.54, 1.807) is 11.0 Å². The molecule has 0 aromatic heterocycles. The first-order chi connectivity index (χ1) is 11.3. The van der Waals surface area contributed by atoms with Crippen LogP contribution < -0.4 is 20.5 Å². The van der Waals surface area contributed by atoms with E-state index in [0.29, 0.717) is 12.1 Å². The van der Waals surface area contributed by atoms with Crippen LogP contribution >= 0.6 is 24.0 Å². The molecule has 0 aliphatic carbocycles. The first-order valence-corrected chi connectivity index (χ1v) is 8.06. The predicted octanol–water partition coefficient (Wildman–Crippen LogP) is 1.46. The molecule has 1 fully saturated rings. The molecule has 0 bridgehead atoms. The molecular weight excluding hydrogens is 369 g/mol. The van der Waals surface area contributed by atoms with Gasteiger partial charge in [-0.25, -0.2) is 0 Å². The number of amides is 2. The van der Waals surface area contributed by atoms with Crippen LogP contribution in [0.5, 0.6) is 11.5 Å². The van der Waals surface area contributed by atoms with Crippen molar-refractivity contribution in [3.8, 4) is 11.5 Å². The number of nitrogens with two attached hydrogens (primary N) is 1. The Morgan fingerprint density at radius 2 is 2.08 bits per heavy atom. The Kier molecular flexibility index (Phi) is 7.79. The van der Waals surface area contributed by atoms with Gasteiger partial charge in [-0.05, 0) is 26.0 Å². The zero-order valence-corrected chi connectivity index (χ0v) is 15.9. The van der Waals surface area contributed by atoms with Crippen molar-refractivity contribution in [1.29, 1.82) is 0 Å². The standard InChI is InChI=1S/C16H22ClN3O4.ClH/c1-9-10(2)20(5-4-19-9)16(22)11-6-12(17)15(13(7-11)23-3)24-8-14(18)21;/h6-7,9-10,19H,4-5,8H2,1-3H3,(H2,18,21);1H. The van der Waals surface area contributed by atoms with Crippen LogP contribution in [0.3, 0.4) is 0 Å². The van der Waals surface area contributed by atoms with Crippen molar-refractivity contribution in [1.82, 2.24) is 10.2 Å². The summed E-state index contributed by atoms with van der Waals surface area (Å²) >= 11 is 6.20. The van der Waals surface area contributed by atoms with Crippen LogP contribution in [-0.2, 0) is 4.79 Å². The minimum absolute atomic E-state index is 0. The summed E-state index contributed by atoms with van der Waals surface area (Å²) in [6.45, 7) is 5.07. The van der Waals surface area contributed by atoms with E-state index in [9.17, 15) is 9.59 Å². The summed E-state index contributed by atoms with van der Waals surface area (Å²) in [4.78, 5) is 25.5. The number of benzene rings is 1. The van der Waals surface area contributed by atoms with Gasteiger partial charge >= 0.3 is 0 Å². The number of primary amides is 1. The van der Waals surface area contributed by atoms with Crippen LogP contribution in [-0.4, -0.2) is 55.6 Å². The van der Waals surface area contributed by atoms with E-state index in [0.717, 1.165) is 6.54 Å². The summed E-state index contributed by atoms with van der Waals surface area (Å²) in [6, 6.07) is 3.34. The number of halogens is 2. The third-order valence-electron chi connectivity index (χ3n) is 4.13. The summed E-state index contributed by atoms with van der Waals surface area (Å²) in [5.74, 6) is -0.284. The average Bonchev–Trinajstić information content (AvgIpc) is 2.54. The van der Waals surface area contributed by atoms with Gasteiger partial charge in [0.25, 0.3) is 11.8 Å². The van der Waals surface area contributed by atoms with E-state index in [1.807, 2.05) is 13.8 Å². The molecule has 2 rings (SSSR count). The molecule has 1 aliphatic rings. The maximum atomic E-state index is 12.8. The monoisotopic (exact) mass is 391 g/mol. The van der Waals surface area contributed by atoms with Crippen LogP contribution in [0.15, 0.2) is 12.1 Å². The molecular formula is C16H23Cl2N3O4. The topological polar surface area (TPSA) is 93.9 Å². The van der Waals surface area contributed by atoms with Gasteiger partial charge in [-0.1, -0.05) is 11.6 Å². The third-order valence-corrected chi connectivity index (χ3v) is 4.41. The van der Waals surface area contributed by atoms with Gasteiger partial charge in [-0.3, -0.25) is 9.59 Å². The summed E-state index contributed by atoms with van der Waals surface area (Å²) in [5, 5.41) is 3.52. The van der Waals surface area contributed by atoms with Crippen molar-refractivity contribution in [2.45, 2.75) is 25.9 Å². The Labute approximate surface area is 158 Å². The van der Waals surface area contributed by atoms with Gasteiger partial charge in [0, 0.05) is 30.7 Å². The van der Waals surface area contributed by atoms with Crippen molar-refractivity contribution < 1.29 is 19.1 Å². The Balaban J connectivity index is 0.00000312. The van der Waals surface area contributed by atoms with Crippen molar-refractivity contribution in [2.75, 3.05) is 26.8 Å². The molecule has 0 radical (unpaired) electrons. The van der Waals surface area contributed by atoms with Gasteiger partial charge in [0.2, 0.25) is 0 Å². The number of rotatable bonds is 5. The maximum Gasteiger partial charge on any atom is 0.255 e. The number of hydrogen-bond acceptors (Lipinski definition) is 5. The van der Waals surface area contributed by atoms with Crippen molar-refractivity contribution in [2.24, 2.45) is 5.73 Å². The smallest absolute Gasteiger partial charge is 0.255 e. The van der Waals surface area contributed by atoms with Gasteiger partial charge in [0.1, 0.15) is 0 Å². The molecule has 1 aliphatic heterocycles. The number of piperazine rings is 1. The fourth-order valence-corrected chi connectivity index (χ4v) is 2.90. The number of carbonyl (C=O) groups is 2. The first-order valence-electron chi connectivity index (χ1n) is 7.68. The number of hydrogen-bond donors (Lipinski definition) is 2. The largest absolute Gasteiger partial charge is 0.493 e. The highest BCUT2D eigenvalue weighted by molar-refractivity contribution is 6.32. The normalized spacial score (nSPS) is 19.8. The van der Waals surface area contributed by atoms with Crippen LogP contribution in [0.4, 0.5) is 0 Å². The quantitative estimate of drug-likeness (QED) is 0.791. The lowest BCUT2D eigenvalue weighted by molar-refractivity contribution is -0.119. The molecule has 1 aromatic carbocycles. The Morgan fingerprint density at radius 1 is 1.40 bits per heavy atom. The fraction of sp³-hybridized carbons (Fsp3) is 0.500. The van der Waals surface area contributed by atoms with Crippen molar-refractivity contribution >= 4 is 35.8 Å². The van der Waals surface area contributed by atoms with Gasteiger partial charge in [-0.2, -0.15) is 0 Å². The second-order valence-corrected chi connectivity index (χ2v) is 6.13. The Bertz CT molecular complexity index is 642. The highest BCUT2D eigenvalue weighted by atomic mass is 35.5. The third kappa shape index (κ3) is 4.90. The van der Waals surface area contributed by atoms with E-state index in [2.05, 4.69) is 5.32 Å². The molecule has 140 valence electrons. The lowest BCUT2D eigenvalue weighted by Crippen LogP contribution is -2.57. The minimum atomic E-state index is -0.628. The van der Waals surface area contributed by atoms with Gasteiger partial charge in [0.15, 0.2) is 18.1 Å². The SMILES string of the molecule is COc1cc(C(=O)N2CCNC(C)C2C)cc(Cl)c1OCC(N)=O.Cl. The van der Waals surface area contributed by atoms with Gasteiger partial charge < -0.3 is 25.4 Å². The molecule has 0 spiro atoms. The lowest BCUT2D eigenvalue weighted by Gasteiger charge is -2.38. The highest BCUT2D eigenvalue weighted by Gasteiger charge is 2.29. The van der Waals surface area contributed by atoms with Crippen molar-refractivity contribution in [3.05, 3.63) is 22.7 Å². The molecule has 2 atom stereocenters. The second-order valence-electron chi connectivity index (χ2n) is 5.73. The molecule has 7 nitrogen and oxygen atoms in total. The first kappa shape index (κ1) is 21.3. The molecule has 9 heteroatoms. The van der Waals surface area contributed by atoms with E-state index in [4.69, 9.17) is 26.8 Å². The molecule has 2 amide bonds. The number of methoxy groups -OCH3 is 1. The van der Waals surface area contributed by atoms with Crippen molar-refractivity contribution in [3.63, 3.8) is 0 Å². The second kappa shape index (κ2) is 9.12. The summed E-state index contributed by atoms with van der Waals surface area (Å²) in [5.41, 5.74) is 5.48. The summed E-state index contributed by atoms with van der Waals surface area (Å²) in [6.07, 6.45) is 0. The molecule has 1 aromatic rings. The Hall–Kier alpha value is -1.70. The van der Waals surface area contributed by atoms with Crippen LogP contribution in [0.2, 0.25) is 5.02 Å². The molecule has 2 unspecified atom stereocenters. The number of carbonyl (C=O) groups excluding carboxylic acids is 2. The fourth-order valence-electron chi connectivity index (χ4n) is 2.64. The molecule has 3 N–H and O–H groups in total. The van der Waals surface area contributed by atoms with E-state index >= 15 is 0 Å². The highest BCUT2D eigenvalue weighted by Crippen LogP contribution is 2.37. The molecule has 25 heavy (non-hydrogen) atoms. The Morgan fingerprint density at radius 3 is 2.68 bits per heavy atom. The average molecular weight is 392 g/mol. The molecule has 0 saturated carbocycles. The summed E-state index contributed by atoms with van der Waals surface area (Å²) in [7, 11) is 1.44. The number of nitrogens with zero attached hydrogens (tertiary/aromatic N) is 1. The van der Waals surface area contributed by atoms with Gasteiger partial charge in [-0.15, -0.1) is 12.4 Å². The zero-order chi connectivity index (χ0) is 17.9. The van der Waals surface area contributed by atoms with Crippen LogP contribution in [0.1, 0.15) is 24.2 Å². The van der Waals surface area contributed by atoms with E-state index in [1.165, 1.54) is 13.2 Å². The molecule has 1 heterocycles.